The fourth-order valence-electron chi connectivity index (χ4n) is 2.23. The second kappa shape index (κ2) is 6.78. The number of rotatable bonds is 4. The predicted octanol–water partition coefficient (Wildman–Crippen LogP) is 3.70. The quantitative estimate of drug-likeness (QED) is 0.892. The van der Waals surface area contributed by atoms with E-state index >= 15 is 0 Å². The zero-order valence-corrected chi connectivity index (χ0v) is 14.1. The van der Waals surface area contributed by atoms with Gasteiger partial charge in [0.05, 0.1) is 0 Å². The number of hydrogen-bond acceptors (Lipinski definition) is 4. The van der Waals surface area contributed by atoms with Crippen LogP contribution in [0.15, 0.2) is 35.7 Å². The summed E-state index contributed by atoms with van der Waals surface area (Å²) in [6, 6.07) is 7.96. The van der Waals surface area contributed by atoms with Gasteiger partial charge >= 0.3 is 6.09 Å². The van der Waals surface area contributed by atoms with Crippen LogP contribution in [0.1, 0.15) is 5.56 Å². The first-order valence-electron chi connectivity index (χ1n) is 6.77. The lowest BCUT2D eigenvalue weighted by Gasteiger charge is -2.19. The number of cyclic esters (lactones) is 1. The minimum absolute atomic E-state index is 0.0247. The molecule has 1 aromatic carbocycles. The Hall–Kier alpha value is -1.76. The maximum Gasteiger partial charge on any atom is 0.415 e. The van der Waals surface area contributed by atoms with Crippen LogP contribution in [0, 0.1) is 0 Å². The highest BCUT2D eigenvalue weighted by atomic mass is 35.5. The van der Waals surface area contributed by atoms with Crippen LogP contribution in [0.4, 0.5) is 9.80 Å². The van der Waals surface area contributed by atoms with E-state index in [9.17, 15) is 9.59 Å². The maximum absolute atomic E-state index is 12.4. The monoisotopic (exact) mass is 370 g/mol. The number of nitrogens with one attached hydrogen (secondary N) is 1. The highest BCUT2D eigenvalue weighted by Gasteiger charge is 2.39. The molecule has 1 fully saturated rings. The van der Waals surface area contributed by atoms with E-state index in [4.69, 9.17) is 27.9 Å². The molecule has 5 nitrogen and oxygen atoms in total. The Bertz CT molecular complexity index is 736. The molecular formula is C15H12Cl2N2O3S. The van der Waals surface area contributed by atoms with Crippen LogP contribution in [0.5, 0.6) is 0 Å². The van der Waals surface area contributed by atoms with Crippen molar-refractivity contribution < 1.29 is 14.3 Å². The molecule has 1 saturated heterocycles. The van der Waals surface area contributed by atoms with E-state index in [1.165, 1.54) is 16.2 Å². The molecule has 8 heteroatoms. The lowest BCUT2D eigenvalue weighted by atomic mass is 10.2. The Morgan fingerprint density at radius 2 is 2.22 bits per heavy atom. The largest absolute Gasteiger partial charge is 0.446 e. The number of carbonyl (C=O) groups is 2. The molecule has 1 aromatic heterocycles. The molecule has 2 aromatic rings. The zero-order valence-electron chi connectivity index (χ0n) is 11.8. The number of benzene rings is 1. The third kappa shape index (κ3) is 3.44. The summed E-state index contributed by atoms with van der Waals surface area (Å²) in [6.07, 6.45) is -0.517. The molecule has 1 atom stereocenters. The normalized spacial score (nSPS) is 17.2. The molecule has 0 aliphatic carbocycles. The maximum atomic E-state index is 12.4. The number of ether oxygens (including phenoxy) is 1. The van der Waals surface area contributed by atoms with Crippen LogP contribution in [0.2, 0.25) is 10.0 Å². The van der Waals surface area contributed by atoms with E-state index in [1.807, 2.05) is 11.4 Å². The average molecular weight is 371 g/mol. The Morgan fingerprint density at radius 3 is 2.91 bits per heavy atom. The Labute approximate surface area is 146 Å². The highest BCUT2D eigenvalue weighted by molar-refractivity contribution is 7.14. The number of thiophene rings is 1. The Kier molecular flexibility index (Phi) is 4.75. The summed E-state index contributed by atoms with van der Waals surface area (Å²) < 4.78 is 5.00. The first-order valence-corrected chi connectivity index (χ1v) is 8.41. The summed E-state index contributed by atoms with van der Waals surface area (Å²) in [7, 11) is 0. The van der Waals surface area contributed by atoms with Crippen molar-refractivity contribution in [2.45, 2.75) is 12.6 Å². The molecule has 2 heterocycles. The number of hydrogen-bond donors (Lipinski definition) is 1. The molecule has 0 saturated carbocycles. The van der Waals surface area contributed by atoms with Crippen molar-refractivity contribution in [1.29, 1.82) is 0 Å². The van der Waals surface area contributed by atoms with Gasteiger partial charge in [-0.25, -0.2) is 4.79 Å². The van der Waals surface area contributed by atoms with Crippen molar-refractivity contribution in [3.63, 3.8) is 0 Å². The molecule has 0 bridgehead atoms. The van der Waals surface area contributed by atoms with Gasteiger partial charge in [0.15, 0.2) is 6.04 Å². The van der Waals surface area contributed by atoms with Gasteiger partial charge in [-0.15, -0.1) is 11.3 Å². The van der Waals surface area contributed by atoms with E-state index in [1.54, 1.807) is 24.3 Å². The molecule has 120 valence electrons. The number of amides is 2. The topological polar surface area (TPSA) is 58.6 Å². The fraction of sp³-hybridized carbons (Fsp3) is 0.200. The van der Waals surface area contributed by atoms with E-state index in [0.29, 0.717) is 15.0 Å². The number of carbonyl (C=O) groups excluding carboxylic acids is 2. The molecule has 0 radical (unpaired) electrons. The van der Waals surface area contributed by atoms with Gasteiger partial charge in [0.1, 0.15) is 11.6 Å². The van der Waals surface area contributed by atoms with E-state index in [2.05, 4.69) is 5.32 Å². The van der Waals surface area contributed by atoms with Crippen molar-refractivity contribution in [3.8, 4) is 0 Å². The fourth-order valence-corrected chi connectivity index (χ4v) is 3.47. The first-order chi connectivity index (χ1) is 11.1. The van der Waals surface area contributed by atoms with Crippen LogP contribution in [-0.2, 0) is 16.1 Å². The standard InChI is InChI=1S/C15H12Cl2N2O3S/c16-10-4-3-9(11(17)6-10)7-18-14(20)12-8-22-15(21)19(12)13-2-1-5-23-13/h1-6,12H,7-8H2,(H,18,20)/t12-/m0/s1. The Morgan fingerprint density at radius 1 is 1.39 bits per heavy atom. The van der Waals surface area contributed by atoms with Gasteiger partial charge in [-0.2, -0.15) is 0 Å². The molecule has 0 unspecified atom stereocenters. The summed E-state index contributed by atoms with van der Waals surface area (Å²) in [5.74, 6) is -0.296. The van der Waals surface area contributed by atoms with Crippen LogP contribution in [-0.4, -0.2) is 24.6 Å². The third-order valence-electron chi connectivity index (χ3n) is 3.39. The minimum atomic E-state index is -0.688. The second-order valence-electron chi connectivity index (χ2n) is 4.87. The van der Waals surface area contributed by atoms with Gasteiger partial charge in [0.2, 0.25) is 5.91 Å². The van der Waals surface area contributed by atoms with Crippen LogP contribution < -0.4 is 10.2 Å². The molecule has 2 amide bonds. The lowest BCUT2D eigenvalue weighted by Crippen LogP contribution is -2.45. The molecule has 1 aliphatic rings. The number of nitrogens with zero attached hydrogens (tertiary/aromatic N) is 1. The summed E-state index contributed by atoms with van der Waals surface area (Å²) >= 11 is 13.3. The SMILES string of the molecule is O=C(NCc1ccc(Cl)cc1Cl)[C@@H]1COC(=O)N1c1cccs1. The lowest BCUT2D eigenvalue weighted by molar-refractivity contribution is -0.122. The zero-order chi connectivity index (χ0) is 16.4. The van der Waals surface area contributed by atoms with Crippen molar-refractivity contribution >= 4 is 51.5 Å². The molecular weight excluding hydrogens is 359 g/mol. The summed E-state index contributed by atoms with van der Waals surface area (Å²) in [4.78, 5) is 25.6. The molecule has 23 heavy (non-hydrogen) atoms. The number of anilines is 1. The number of halogens is 2. The van der Waals surface area contributed by atoms with Crippen molar-refractivity contribution in [1.82, 2.24) is 5.32 Å². The highest BCUT2D eigenvalue weighted by Crippen LogP contribution is 2.28. The summed E-state index contributed by atoms with van der Waals surface area (Å²) in [6.45, 7) is 0.273. The van der Waals surface area contributed by atoms with E-state index in [-0.39, 0.29) is 19.1 Å². The van der Waals surface area contributed by atoms with Crippen LogP contribution in [0.3, 0.4) is 0 Å². The van der Waals surface area contributed by atoms with Crippen LogP contribution in [0.25, 0.3) is 0 Å². The molecule has 1 N–H and O–H groups in total. The minimum Gasteiger partial charge on any atom is -0.446 e. The summed E-state index contributed by atoms with van der Waals surface area (Å²) in [5.41, 5.74) is 0.748. The second-order valence-corrected chi connectivity index (χ2v) is 6.64. The molecule has 3 rings (SSSR count). The smallest absolute Gasteiger partial charge is 0.415 e. The first kappa shape index (κ1) is 16.1. The van der Waals surface area contributed by atoms with Gasteiger partial charge in [0, 0.05) is 16.6 Å². The van der Waals surface area contributed by atoms with Crippen molar-refractivity contribution in [3.05, 3.63) is 51.3 Å². The van der Waals surface area contributed by atoms with Crippen molar-refractivity contribution in [2.24, 2.45) is 0 Å². The van der Waals surface area contributed by atoms with Gasteiger partial charge < -0.3 is 10.1 Å². The molecule has 0 spiro atoms. The van der Waals surface area contributed by atoms with E-state index < -0.39 is 12.1 Å². The van der Waals surface area contributed by atoms with Crippen molar-refractivity contribution in [2.75, 3.05) is 11.5 Å². The van der Waals surface area contributed by atoms with Gasteiger partial charge in [-0.05, 0) is 35.2 Å². The molecule has 1 aliphatic heterocycles. The van der Waals surface area contributed by atoms with Gasteiger partial charge in [-0.1, -0.05) is 29.3 Å². The predicted molar refractivity (Wildman–Crippen MR) is 90.2 cm³/mol. The Balaban J connectivity index is 1.69. The summed E-state index contributed by atoms with van der Waals surface area (Å²) in [5, 5.41) is 6.30. The van der Waals surface area contributed by atoms with Crippen LogP contribution >= 0.6 is 34.5 Å². The average Bonchev–Trinajstić information content (AvgIpc) is 3.15. The van der Waals surface area contributed by atoms with Gasteiger partial charge in [0.25, 0.3) is 0 Å². The van der Waals surface area contributed by atoms with Gasteiger partial charge in [-0.3, -0.25) is 9.69 Å². The van der Waals surface area contributed by atoms with E-state index in [0.717, 1.165) is 5.56 Å². The third-order valence-corrected chi connectivity index (χ3v) is 4.84.